The second-order valence-corrected chi connectivity index (χ2v) is 3.33. The van der Waals surface area contributed by atoms with Gasteiger partial charge in [-0.3, -0.25) is 4.68 Å². The van der Waals surface area contributed by atoms with Crippen molar-refractivity contribution in [3.63, 3.8) is 0 Å². The number of nitrogens with zero attached hydrogens (tertiary/aromatic N) is 2. The van der Waals surface area contributed by atoms with Gasteiger partial charge in [-0.1, -0.05) is 12.1 Å². The van der Waals surface area contributed by atoms with Gasteiger partial charge in [-0.15, -0.1) is 0 Å². The molecule has 0 bridgehead atoms. The number of ether oxygens (including phenoxy) is 1. The molecule has 1 aromatic carbocycles. The molecule has 2 rings (SSSR count). The number of hydrogen-bond acceptors (Lipinski definition) is 3. The van der Waals surface area contributed by atoms with E-state index >= 15 is 0 Å². The molecule has 0 atom stereocenters. The molecule has 0 saturated carbocycles. The summed E-state index contributed by atoms with van der Waals surface area (Å²) in [4.78, 5) is 0. The SMILES string of the molecule is COc1cccc(-c2cn(C)nc2N)c1. The Morgan fingerprint density at radius 3 is 2.80 bits per heavy atom. The standard InChI is InChI=1S/C11H13N3O/c1-14-7-10(11(12)13-14)8-4-3-5-9(6-8)15-2/h3-7H,1-2H3,(H2,12,13). The lowest BCUT2D eigenvalue weighted by atomic mass is 10.1. The summed E-state index contributed by atoms with van der Waals surface area (Å²) in [6.07, 6.45) is 1.89. The van der Waals surface area contributed by atoms with Crippen molar-refractivity contribution in [3.8, 4) is 16.9 Å². The Morgan fingerprint density at radius 1 is 1.40 bits per heavy atom. The number of anilines is 1. The molecule has 0 radical (unpaired) electrons. The summed E-state index contributed by atoms with van der Waals surface area (Å²) in [5, 5.41) is 4.10. The number of aryl methyl sites for hydroxylation is 1. The zero-order chi connectivity index (χ0) is 10.8. The number of aromatic nitrogens is 2. The Kier molecular flexibility index (Phi) is 2.33. The summed E-state index contributed by atoms with van der Waals surface area (Å²) < 4.78 is 6.85. The van der Waals surface area contributed by atoms with Gasteiger partial charge in [-0.2, -0.15) is 5.10 Å². The number of methoxy groups -OCH3 is 1. The van der Waals surface area contributed by atoms with E-state index in [2.05, 4.69) is 5.10 Å². The molecule has 0 unspecified atom stereocenters. The van der Waals surface area contributed by atoms with Crippen LogP contribution in [0.25, 0.3) is 11.1 Å². The molecule has 4 nitrogen and oxygen atoms in total. The summed E-state index contributed by atoms with van der Waals surface area (Å²) in [6, 6.07) is 7.75. The van der Waals surface area contributed by atoms with Gasteiger partial charge in [-0.25, -0.2) is 0 Å². The normalized spacial score (nSPS) is 10.3. The first kappa shape index (κ1) is 9.58. The second kappa shape index (κ2) is 3.65. The molecular weight excluding hydrogens is 190 g/mol. The highest BCUT2D eigenvalue weighted by atomic mass is 16.5. The van der Waals surface area contributed by atoms with E-state index in [4.69, 9.17) is 10.5 Å². The average Bonchev–Trinajstić information content (AvgIpc) is 2.58. The van der Waals surface area contributed by atoms with Crippen LogP contribution in [0.2, 0.25) is 0 Å². The van der Waals surface area contributed by atoms with Crippen LogP contribution in [-0.2, 0) is 7.05 Å². The number of nitrogen functional groups attached to an aromatic ring is 1. The zero-order valence-electron chi connectivity index (χ0n) is 8.77. The summed E-state index contributed by atoms with van der Waals surface area (Å²) >= 11 is 0. The Morgan fingerprint density at radius 2 is 2.20 bits per heavy atom. The minimum absolute atomic E-state index is 0.533. The average molecular weight is 203 g/mol. The van der Waals surface area contributed by atoms with Crippen LogP contribution < -0.4 is 10.5 Å². The van der Waals surface area contributed by atoms with Crippen LogP contribution >= 0.6 is 0 Å². The molecule has 0 aliphatic heterocycles. The van der Waals surface area contributed by atoms with E-state index in [1.54, 1.807) is 11.8 Å². The zero-order valence-corrected chi connectivity index (χ0v) is 8.77. The van der Waals surface area contributed by atoms with Gasteiger partial charge < -0.3 is 10.5 Å². The summed E-state index contributed by atoms with van der Waals surface area (Å²) in [6.45, 7) is 0. The fourth-order valence-electron chi connectivity index (χ4n) is 1.52. The van der Waals surface area contributed by atoms with E-state index in [9.17, 15) is 0 Å². The predicted molar refractivity (Wildman–Crippen MR) is 59.6 cm³/mol. The fourth-order valence-corrected chi connectivity index (χ4v) is 1.52. The molecule has 0 fully saturated rings. The summed E-state index contributed by atoms with van der Waals surface area (Å²) in [7, 11) is 3.49. The lowest BCUT2D eigenvalue weighted by Crippen LogP contribution is -1.91. The monoisotopic (exact) mass is 203 g/mol. The van der Waals surface area contributed by atoms with Crippen molar-refractivity contribution in [2.75, 3.05) is 12.8 Å². The summed E-state index contributed by atoms with van der Waals surface area (Å²) in [5.41, 5.74) is 7.73. The van der Waals surface area contributed by atoms with E-state index in [1.807, 2.05) is 37.5 Å². The quantitative estimate of drug-likeness (QED) is 0.807. The molecule has 0 aliphatic rings. The first-order valence-corrected chi connectivity index (χ1v) is 4.64. The number of benzene rings is 1. The Labute approximate surface area is 88.3 Å². The van der Waals surface area contributed by atoms with Gasteiger partial charge in [0.05, 0.1) is 7.11 Å². The molecule has 0 saturated heterocycles. The fraction of sp³-hybridized carbons (Fsp3) is 0.182. The third-order valence-electron chi connectivity index (χ3n) is 2.24. The van der Waals surface area contributed by atoms with Crippen LogP contribution in [0.5, 0.6) is 5.75 Å². The van der Waals surface area contributed by atoms with Crippen LogP contribution in [0.1, 0.15) is 0 Å². The molecule has 2 aromatic rings. The molecule has 2 N–H and O–H groups in total. The molecule has 1 aromatic heterocycles. The molecular formula is C11H13N3O. The summed E-state index contributed by atoms with van der Waals surface area (Å²) in [5.74, 6) is 1.35. The molecule has 15 heavy (non-hydrogen) atoms. The number of nitrogens with two attached hydrogens (primary N) is 1. The lowest BCUT2D eigenvalue weighted by molar-refractivity contribution is 0.415. The molecule has 1 heterocycles. The van der Waals surface area contributed by atoms with Crippen LogP contribution in [0, 0.1) is 0 Å². The van der Waals surface area contributed by atoms with Crippen molar-refractivity contribution in [1.29, 1.82) is 0 Å². The van der Waals surface area contributed by atoms with Crippen LogP contribution in [0.4, 0.5) is 5.82 Å². The minimum atomic E-state index is 0.533. The Balaban J connectivity index is 2.49. The predicted octanol–water partition coefficient (Wildman–Crippen LogP) is 1.68. The highest BCUT2D eigenvalue weighted by Gasteiger charge is 2.06. The topological polar surface area (TPSA) is 53.1 Å². The molecule has 4 heteroatoms. The van der Waals surface area contributed by atoms with Crippen molar-refractivity contribution in [1.82, 2.24) is 9.78 Å². The third kappa shape index (κ3) is 1.79. The minimum Gasteiger partial charge on any atom is -0.497 e. The maximum Gasteiger partial charge on any atom is 0.153 e. The van der Waals surface area contributed by atoms with E-state index in [-0.39, 0.29) is 0 Å². The first-order chi connectivity index (χ1) is 7.20. The van der Waals surface area contributed by atoms with Gasteiger partial charge in [0.2, 0.25) is 0 Å². The van der Waals surface area contributed by atoms with Crippen LogP contribution in [-0.4, -0.2) is 16.9 Å². The van der Waals surface area contributed by atoms with Crippen LogP contribution in [0.15, 0.2) is 30.5 Å². The lowest BCUT2D eigenvalue weighted by Gasteiger charge is -2.02. The van der Waals surface area contributed by atoms with Gasteiger partial charge in [0.1, 0.15) is 5.75 Å². The van der Waals surface area contributed by atoms with Gasteiger partial charge >= 0.3 is 0 Å². The maximum atomic E-state index is 5.79. The second-order valence-electron chi connectivity index (χ2n) is 3.33. The van der Waals surface area contributed by atoms with Crippen molar-refractivity contribution in [2.45, 2.75) is 0 Å². The van der Waals surface area contributed by atoms with E-state index in [0.29, 0.717) is 5.82 Å². The van der Waals surface area contributed by atoms with Gasteiger partial charge in [0.15, 0.2) is 5.82 Å². The number of hydrogen-bond donors (Lipinski definition) is 1. The van der Waals surface area contributed by atoms with Gasteiger partial charge in [0.25, 0.3) is 0 Å². The number of rotatable bonds is 2. The highest BCUT2D eigenvalue weighted by Crippen LogP contribution is 2.27. The highest BCUT2D eigenvalue weighted by molar-refractivity contribution is 5.74. The maximum absolute atomic E-state index is 5.79. The Hall–Kier alpha value is -1.97. The van der Waals surface area contributed by atoms with Crippen molar-refractivity contribution in [3.05, 3.63) is 30.5 Å². The molecule has 78 valence electrons. The molecule has 0 amide bonds. The van der Waals surface area contributed by atoms with E-state index < -0.39 is 0 Å². The van der Waals surface area contributed by atoms with E-state index in [0.717, 1.165) is 16.9 Å². The smallest absolute Gasteiger partial charge is 0.153 e. The first-order valence-electron chi connectivity index (χ1n) is 4.64. The van der Waals surface area contributed by atoms with Crippen molar-refractivity contribution in [2.24, 2.45) is 7.05 Å². The van der Waals surface area contributed by atoms with Crippen LogP contribution in [0.3, 0.4) is 0 Å². The van der Waals surface area contributed by atoms with Crippen molar-refractivity contribution >= 4 is 5.82 Å². The van der Waals surface area contributed by atoms with E-state index in [1.165, 1.54) is 0 Å². The molecule has 0 aliphatic carbocycles. The third-order valence-corrected chi connectivity index (χ3v) is 2.24. The largest absolute Gasteiger partial charge is 0.497 e. The molecule has 0 spiro atoms. The van der Waals surface area contributed by atoms with Crippen molar-refractivity contribution < 1.29 is 4.74 Å². The van der Waals surface area contributed by atoms with Gasteiger partial charge in [0, 0.05) is 18.8 Å². The Bertz CT molecular complexity index is 476. The van der Waals surface area contributed by atoms with Gasteiger partial charge in [-0.05, 0) is 17.7 Å².